The molecule has 0 unspecified atom stereocenters. The molecule has 0 amide bonds. The Morgan fingerprint density at radius 3 is 1.80 bits per heavy atom. The zero-order valence-electron chi connectivity index (χ0n) is 22.5. The van der Waals surface area contributed by atoms with E-state index in [0.717, 1.165) is 16.7 Å². The Labute approximate surface area is 254 Å². The third-order valence-corrected chi connectivity index (χ3v) is 6.67. The predicted octanol–water partition coefficient (Wildman–Crippen LogP) is 7.56. The van der Waals surface area contributed by atoms with Crippen molar-refractivity contribution in [2.45, 2.75) is 20.3 Å². The van der Waals surface area contributed by atoms with Gasteiger partial charge in [-0.2, -0.15) is 0 Å². The molecule has 0 radical (unpaired) electrons. The number of hydrogen-bond acceptors (Lipinski definition) is 7. The van der Waals surface area contributed by atoms with Crippen LogP contribution in [-0.2, 0) is 15.9 Å². The van der Waals surface area contributed by atoms with Crippen molar-refractivity contribution < 1.29 is 27.8 Å². The summed E-state index contributed by atoms with van der Waals surface area (Å²) in [4.78, 5) is 30.0. The molecule has 2 aromatic heterocycles. The van der Waals surface area contributed by atoms with Crippen LogP contribution in [0.25, 0.3) is 0 Å². The fraction of sp³-hybridized carbons (Fsp3) is 0.172. The lowest BCUT2D eigenvalue weighted by atomic mass is 10.0. The van der Waals surface area contributed by atoms with E-state index in [9.17, 15) is 18.4 Å². The standard InChI is InChI=1S/C15H13ClFNO2.C8H6BrFO2.C6H7ClN2/c1-9-5-6-18-14(16)12(9)7-10-3-4-11(13(17)8-10)15(19)20-2;1-12-8(11)6-3-2-5(9)4-7(6)10;1-4-2-3-9-6(7)5(4)8/h3-6,8H,7H2,1-2H3;2-4H,1H3;2-3H,8H2,1H3. The molecule has 2 aromatic carbocycles. The summed E-state index contributed by atoms with van der Waals surface area (Å²) >= 11 is 14.7. The molecular formula is C29H26BrCl2F2N3O4. The molecule has 0 atom stereocenters. The first-order valence-corrected chi connectivity index (χ1v) is 13.3. The number of anilines is 1. The van der Waals surface area contributed by atoms with Crippen LogP contribution in [0.15, 0.2) is 65.4 Å². The van der Waals surface area contributed by atoms with E-state index >= 15 is 0 Å². The number of carbonyl (C=O) groups excluding carboxylic acids is 2. The fourth-order valence-electron chi connectivity index (χ4n) is 3.22. The van der Waals surface area contributed by atoms with Gasteiger partial charge >= 0.3 is 11.9 Å². The van der Waals surface area contributed by atoms with Crippen molar-refractivity contribution in [2.24, 2.45) is 0 Å². The Morgan fingerprint density at radius 2 is 1.34 bits per heavy atom. The summed E-state index contributed by atoms with van der Waals surface area (Å²) in [5.74, 6) is -2.55. The van der Waals surface area contributed by atoms with Gasteiger partial charge in [-0.3, -0.25) is 0 Å². The fourth-order valence-corrected chi connectivity index (χ4v) is 4.03. The van der Waals surface area contributed by atoms with Crippen molar-refractivity contribution in [3.05, 3.63) is 121 Å². The van der Waals surface area contributed by atoms with E-state index in [4.69, 9.17) is 28.9 Å². The van der Waals surface area contributed by atoms with Gasteiger partial charge in [-0.1, -0.05) is 45.2 Å². The van der Waals surface area contributed by atoms with Crippen molar-refractivity contribution in [1.82, 2.24) is 9.97 Å². The van der Waals surface area contributed by atoms with Crippen LogP contribution >= 0.6 is 39.1 Å². The Kier molecular flexibility index (Phi) is 13.1. The lowest BCUT2D eigenvalue weighted by Gasteiger charge is -2.08. The Morgan fingerprint density at radius 1 is 0.829 bits per heavy atom. The number of nitrogen functional groups attached to an aromatic ring is 1. The number of aryl methyl sites for hydroxylation is 2. The molecule has 0 spiro atoms. The quantitative estimate of drug-likeness (QED) is 0.177. The van der Waals surface area contributed by atoms with Gasteiger partial charge in [-0.15, -0.1) is 0 Å². The average molecular weight is 669 g/mol. The van der Waals surface area contributed by atoms with E-state index < -0.39 is 23.6 Å². The minimum absolute atomic E-state index is 0.0549. The van der Waals surface area contributed by atoms with E-state index in [1.54, 1.807) is 24.5 Å². The normalized spacial score (nSPS) is 9.98. The third kappa shape index (κ3) is 9.77. The van der Waals surface area contributed by atoms with Gasteiger partial charge in [0.2, 0.25) is 0 Å². The van der Waals surface area contributed by atoms with E-state index in [1.165, 1.54) is 38.5 Å². The highest BCUT2D eigenvalue weighted by Gasteiger charge is 2.14. The number of nitrogens with two attached hydrogens (primary N) is 1. The SMILES string of the molecule is COC(=O)c1ccc(Br)cc1F.COC(=O)c1ccc(Cc2c(C)ccnc2Cl)cc1F.Cc1ccnc(Cl)c1N. The molecule has 2 N–H and O–H groups in total. The van der Waals surface area contributed by atoms with Crippen LogP contribution in [0.4, 0.5) is 14.5 Å². The molecule has 0 saturated carbocycles. The molecule has 0 bridgehead atoms. The molecule has 0 aliphatic carbocycles. The largest absolute Gasteiger partial charge is 0.465 e. The topological polar surface area (TPSA) is 104 Å². The van der Waals surface area contributed by atoms with Crippen molar-refractivity contribution in [3.8, 4) is 0 Å². The van der Waals surface area contributed by atoms with Crippen molar-refractivity contribution in [1.29, 1.82) is 0 Å². The van der Waals surface area contributed by atoms with Gasteiger partial charge in [-0.05, 0) is 78.6 Å². The highest BCUT2D eigenvalue weighted by Crippen LogP contribution is 2.22. The molecule has 0 fully saturated rings. The molecular weight excluding hydrogens is 643 g/mol. The average Bonchev–Trinajstić information content (AvgIpc) is 2.94. The molecule has 0 aliphatic heterocycles. The highest BCUT2D eigenvalue weighted by molar-refractivity contribution is 9.10. The minimum atomic E-state index is -0.690. The number of methoxy groups -OCH3 is 2. The second kappa shape index (κ2) is 16.0. The number of rotatable bonds is 4. The van der Waals surface area contributed by atoms with Gasteiger partial charge in [0.25, 0.3) is 0 Å². The van der Waals surface area contributed by atoms with Gasteiger partial charge in [-0.25, -0.2) is 28.3 Å². The van der Waals surface area contributed by atoms with Gasteiger partial charge in [0, 0.05) is 23.3 Å². The minimum Gasteiger partial charge on any atom is -0.465 e. The van der Waals surface area contributed by atoms with Crippen LogP contribution in [0.5, 0.6) is 0 Å². The van der Waals surface area contributed by atoms with E-state index in [2.05, 4.69) is 35.4 Å². The maximum Gasteiger partial charge on any atom is 0.340 e. The molecule has 4 aromatic rings. The molecule has 41 heavy (non-hydrogen) atoms. The summed E-state index contributed by atoms with van der Waals surface area (Å²) in [7, 11) is 2.43. The van der Waals surface area contributed by atoms with Crippen LogP contribution in [-0.4, -0.2) is 36.1 Å². The summed E-state index contributed by atoms with van der Waals surface area (Å²) in [5, 5.41) is 0.789. The van der Waals surface area contributed by atoms with Crippen LogP contribution in [0.1, 0.15) is 43.0 Å². The number of pyridine rings is 2. The second-order valence-corrected chi connectivity index (χ2v) is 9.96. The van der Waals surface area contributed by atoms with Gasteiger partial charge < -0.3 is 15.2 Å². The summed E-state index contributed by atoms with van der Waals surface area (Å²) in [6.45, 7) is 3.81. The summed E-state index contributed by atoms with van der Waals surface area (Å²) < 4.78 is 36.3. The molecule has 2 heterocycles. The summed E-state index contributed by atoms with van der Waals surface area (Å²) in [6.07, 6.45) is 3.72. The molecule has 0 saturated heterocycles. The number of hydrogen-bond donors (Lipinski definition) is 1. The maximum absolute atomic E-state index is 13.8. The Hall–Kier alpha value is -3.60. The lowest BCUT2D eigenvalue weighted by molar-refractivity contribution is 0.0586. The van der Waals surface area contributed by atoms with Crippen LogP contribution in [0.2, 0.25) is 10.3 Å². The smallest absolute Gasteiger partial charge is 0.340 e. The van der Waals surface area contributed by atoms with Crippen LogP contribution in [0, 0.1) is 25.5 Å². The zero-order chi connectivity index (χ0) is 30.7. The predicted molar refractivity (Wildman–Crippen MR) is 158 cm³/mol. The van der Waals surface area contributed by atoms with Crippen molar-refractivity contribution >= 4 is 56.8 Å². The number of ether oxygens (including phenoxy) is 2. The van der Waals surface area contributed by atoms with Crippen molar-refractivity contribution in [3.63, 3.8) is 0 Å². The number of benzene rings is 2. The number of nitrogens with zero attached hydrogens (tertiary/aromatic N) is 2. The molecule has 0 aliphatic rings. The number of halogens is 5. The van der Waals surface area contributed by atoms with Crippen molar-refractivity contribution in [2.75, 3.05) is 20.0 Å². The molecule has 7 nitrogen and oxygen atoms in total. The zero-order valence-corrected chi connectivity index (χ0v) is 25.6. The highest BCUT2D eigenvalue weighted by atomic mass is 79.9. The van der Waals surface area contributed by atoms with Crippen LogP contribution < -0.4 is 5.73 Å². The summed E-state index contributed by atoms with van der Waals surface area (Å²) in [6, 6.07) is 12.2. The van der Waals surface area contributed by atoms with E-state index in [0.29, 0.717) is 32.5 Å². The number of aromatic nitrogens is 2. The van der Waals surface area contributed by atoms with Gasteiger partial charge in [0.05, 0.1) is 31.0 Å². The monoisotopic (exact) mass is 667 g/mol. The number of esters is 2. The third-order valence-electron chi connectivity index (χ3n) is 5.55. The Balaban J connectivity index is 0.000000237. The summed E-state index contributed by atoms with van der Waals surface area (Å²) in [5.41, 5.74) is 9.44. The van der Waals surface area contributed by atoms with Gasteiger partial charge in [0.1, 0.15) is 16.8 Å². The Bertz CT molecular complexity index is 1500. The molecule has 216 valence electrons. The molecule has 12 heteroatoms. The van der Waals surface area contributed by atoms with Crippen LogP contribution in [0.3, 0.4) is 0 Å². The van der Waals surface area contributed by atoms with Gasteiger partial charge in [0.15, 0.2) is 5.15 Å². The first-order valence-electron chi connectivity index (χ1n) is 11.8. The number of carbonyl (C=O) groups is 2. The maximum atomic E-state index is 13.8. The first kappa shape index (κ1) is 33.6. The van der Waals surface area contributed by atoms with E-state index in [-0.39, 0.29) is 11.1 Å². The lowest BCUT2D eigenvalue weighted by Crippen LogP contribution is -2.05. The second-order valence-electron chi connectivity index (χ2n) is 8.33. The first-order chi connectivity index (χ1) is 19.4. The molecule has 4 rings (SSSR count). The van der Waals surface area contributed by atoms with E-state index in [1.807, 2.05) is 26.0 Å².